The molecule has 0 spiro atoms. The zero-order chi connectivity index (χ0) is 19.2. The topological polar surface area (TPSA) is 75.3 Å². The lowest BCUT2D eigenvalue weighted by atomic mass is 10.2. The van der Waals surface area contributed by atoms with Crippen LogP contribution in [0.5, 0.6) is 5.75 Å². The lowest BCUT2D eigenvalue weighted by Gasteiger charge is -2.11. The van der Waals surface area contributed by atoms with Crippen LogP contribution >= 0.6 is 0 Å². The third kappa shape index (κ3) is 4.07. The van der Waals surface area contributed by atoms with Gasteiger partial charge in [-0.3, -0.25) is 9.36 Å². The van der Waals surface area contributed by atoms with Crippen LogP contribution in [0.15, 0.2) is 64.3 Å². The molecular weight excluding hydrogens is 346 g/mol. The van der Waals surface area contributed by atoms with Gasteiger partial charge in [-0.25, -0.2) is 9.78 Å². The molecule has 0 N–H and O–H groups in total. The molecule has 3 aromatic rings. The fourth-order valence-corrected chi connectivity index (χ4v) is 2.45. The van der Waals surface area contributed by atoms with Crippen LogP contribution in [0.25, 0.3) is 0 Å². The van der Waals surface area contributed by atoms with Crippen LogP contribution in [-0.2, 0) is 6.54 Å². The zero-order valence-electron chi connectivity index (χ0n) is 14.9. The number of aromatic nitrogens is 3. The van der Waals surface area contributed by atoms with Crippen LogP contribution in [0.2, 0.25) is 0 Å². The van der Waals surface area contributed by atoms with Gasteiger partial charge in [0.2, 0.25) is 0 Å². The van der Waals surface area contributed by atoms with Crippen molar-refractivity contribution in [2.45, 2.75) is 6.54 Å². The Labute approximate surface area is 155 Å². The Balaban J connectivity index is 1.99. The monoisotopic (exact) mass is 363 g/mol. The van der Waals surface area contributed by atoms with Gasteiger partial charge in [0.05, 0.1) is 13.7 Å². The van der Waals surface area contributed by atoms with Crippen molar-refractivity contribution in [3.8, 4) is 17.6 Å². The van der Waals surface area contributed by atoms with E-state index >= 15 is 0 Å². The van der Waals surface area contributed by atoms with Crippen LogP contribution in [0.3, 0.4) is 0 Å². The zero-order valence-corrected chi connectivity index (χ0v) is 14.9. The van der Waals surface area contributed by atoms with Gasteiger partial charge in [-0.05, 0) is 41.7 Å². The summed E-state index contributed by atoms with van der Waals surface area (Å²) in [6.45, 7) is 0.110. The highest BCUT2D eigenvalue weighted by Crippen LogP contribution is 2.11. The van der Waals surface area contributed by atoms with Gasteiger partial charge in [0.25, 0.3) is 5.56 Å². The van der Waals surface area contributed by atoms with Crippen LogP contribution < -0.4 is 20.8 Å². The lowest BCUT2D eigenvalue weighted by Crippen LogP contribution is -2.42. The maximum atomic E-state index is 12.7. The molecule has 0 aliphatic heterocycles. The molecule has 7 nitrogen and oxygen atoms in total. The van der Waals surface area contributed by atoms with Crippen molar-refractivity contribution in [3.05, 3.63) is 92.5 Å². The SMILES string of the molecule is COc1ccc(Cn2c(=O)cc(C#Cc3ccccn3)n(OC)c2=O)cc1. The summed E-state index contributed by atoms with van der Waals surface area (Å²) in [6, 6.07) is 13.7. The number of methoxy groups -OCH3 is 1. The Morgan fingerprint density at radius 3 is 2.44 bits per heavy atom. The average molecular weight is 363 g/mol. The molecule has 0 bridgehead atoms. The number of pyridine rings is 1. The molecule has 0 saturated carbocycles. The summed E-state index contributed by atoms with van der Waals surface area (Å²) in [7, 11) is 2.91. The summed E-state index contributed by atoms with van der Waals surface area (Å²) in [5.74, 6) is 6.27. The molecule has 0 unspecified atom stereocenters. The summed E-state index contributed by atoms with van der Waals surface area (Å²) in [5.41, 5.74) is 0.393. The van der Waals surface area contributed by atoms with Crippen molar-refractivity contribution >= 4 is 0 Å². The van der Waals surface area contributed by atoms with Gasteiger partial charge in [-0.15, -0.1) is 4.73 Å². The molecule has 2 aromatic heterocycles. The minimum Gasteiger partial charge on any atom is -0.497 e. The Bertz CT molecular complexity index is 1100. The molecule has 0 amide bonds. The third-order valence-electron chi connectivity index (χ3n) is 3.82. The number of benzene rings is 1. The quantitative estimate of drug-likeness (QED) is 0.645. The van der Waals surface area contributed by atoms with Gasteiger partial charge < -0.3 is 9.57 Å². The fourth-order valence-electron chi connectivity index (χ4n) is 2.45. The molecule has 1 aromatic carbocycles. The molecule has 3 rings (SSSR count). The van der Waals surface area contributed by atoms with E-state index in [0.29, 0.717) is 11.4 Å². The van der Waals surface area contributed by atoms with Gasteiger partial charge in [0.1, 0.15) is 24.2 Å². The van der Waals surface area contributed by atoms with Crippen molar-refractivity contribution in [1.29, 1.82) is 0 Å². The standard InChI is InChI=1S/C20H17N3O4/c1-26-18-10-6-15(7-11-18)14-22-19(24)13-17(23(27-2)20(22)25)9-8-16-5-3-4-12-21-16/h3-7,10-13H,14H2,1-2H3. The first-order valence-corrected chi connectivity index (χ1v) is 8.09. The van der Waals surface area contributed by atoms with Crippen LogP contribution in [0.1, 0.15) is 17.0 Å². The molecule has 0 saturated heterocycles. The predicted octanol–water partition coefficient (Wildman–Crippen LogP) is 0.920. The summed E-state index contributed by atoms with van der Waals surface area (Å²) >= 11 is 0. The molecule has 0 aliphatic rings. The van der Waals surface area contributed by atoms with E-state index in [0.717, 1.165) is 14.9 Å². The normalized spacial score (nSPS) is 10.0. The number of rotatable bonds is 4. The fraction of sp³-hybridized carbons (Fsp3) is 0.150. The van der Waals surface area contributed by atoms with Gasteiger partial charge in [0.15, 0.2) is 0 Å². The summed E-state index contributed by atoms with van der Waals surface area (Å²) in [6.07, 6.45) is 1.61. The second-order valence-corrected chi connectivity index (χ2v) is 5.53. The predicted molar refractivity (Wildman–Crippen MR) is 99.8 cm³/mol. The molecule has 0 fully saturated rings. The van der Waals surface area contributed by atoms with Crippen LogP contribution in [-0.4, -0.2) is 28.5 Å². The second-order valence-electron chi connectivity index (χ2n) is 5.53. The van der Waals surface area contributed by atoms with E-state index in [-0.39, 0.29) is 12.2 Å². The second kappa shape index (κ2) is 8.06. The number of hydrogen-bond donors (Lipinski definition) is 0. The smallest absolute Gasteiger partial charge is 0.365 e. The molecule has 136 valence electrons. The summed E-state index contributed by atoms with van der Waals surface area (Å²) in [5, 5.41) is 0. The first kappa shape index (κ1) is 18.0. The van der Waals surface area contributed by atoms with E-state index in [1.165, 1.54) is 13.2 Å². The van der Waals surface area contributed by atoms with Crippen molar-refractivity contribution in [3.63, 3.8) is 0 Å². The average Bonchev–Trinajstić information content (AvgIpc) is 2.70. The van der Waals surface area contributed by atoms with Gasteiger partial charge in [0, 0.05) is 12.3 Å². The van der Waals surface area contributed by atoms with Crippen molar-refractivity contribution in [1.82, 2.24) is 14.3 Å². The maximum Gasteiger partial charge on any atom is 0.365 e. The number of ether oxygens (including phenoxy) is 1. The van der Waals surface area contributed by atoms with E-state index in [4.69, 9.17) is 9.57 Å². The highest BCUT2D eigenvalue weighted by molar-refractivity contribution is 5.36. The van der Waals surface area contributed by atoms with E-state index in [9.17, 15) is 9.59 Å². The summed E-state index contributed by atoms with van der Waals surface area (Å²) < 4.78 is 7.18. The molecular formula is C20H17N3O4. The van der Waals surface area contributed by atoms with Gasteiger partial charge in [-0.2, -0.15) is 0 Å². The minimum atomic E-state index is -0.605. The Hall–Kier alpha value is -3.79. The maximum absolute atomic E-state index is 12.7. The largest absolute Gasteiger partial charge is 0.497 e. The molecule has 2 heterocycles. The number of nitrogens with zero attached hydrogens (tertiary/aromatic N) is 3. The van der Waals surface area contributed by atoms with Crippen molar-refractivity contribution < 1.29 is 9.57 Å². The molecule has 27 heavy (non-hydrogen) atoms. The minimum absolute atomic E-state index is 0.110. The van der Waals surface area contributed by atoms with Crippen LogP contribution in [0.4, 0.5) is 0 Å². The first-order valence-electron chi connectivity index (χ1n) is 8.09. The Morgan fingerprint density at radius 1 is 1.04 bits per heavy atom. The third-order valence-corrected chi connectivity index (χ3v) is 3.82. The van der Waals surface area contributed by atoms with Crippen molar-refractivity contribution in [2.75, 3.05) is 14.2 Å². The van der Waals surface area contributed by atoms with E-state index < -0.39 is 11.2 Å². The van der Waals surface area contributed by atoms with Gasteiger partial charge >= 0.3 is 5.69 Å². The first-order chi connectivity index (χ1) is 13.1. The van der Waals surface area contributed by atoms with E-state index in [1.54, 1.807) is 55.8 Å². The van der Waals surface area contributed by atoms with Gasteiger partial charge in [-0.1, -0.05) is 18.2 Å². The molecule has 7 heteroatoms. The lowest BCUT2D eigenvalue weighted by molar-refractivity contribution is 0.145. The highest BCUT2D eigenvalue weighted by Gasteiger charge is 2.11. The summed E-state index contributed by atoms with van der Waals surface area (Å²) in [4.78, 5) is 34.3. The highest BCUT2D eigenvalue weighted by atomic mass is 16.7. The van der Waals surface area contributed by atoms with Crippen molar-refractivity contribution in [2.24, 2.45) is 0 Å². The van der Waals surface area contributed by atoms with E-state index in [1.807, 2.05) is 0 Å². The number of hydrogen-bond acceptors (Lipinski definition) is 5. The Morgan fingerprint density at radius 2 is 1.81 bits per heavy atom. The molecule has 0 aliphatic carbocycles. The van der Waals surface area contributed by atoms with E-state index in [2.05, 4.69) is 16.8 Å². The van der Waals surface area contributed by atoms with Crippen LogP contribution in [0, 0.1) is 11.8 Å². The molecule has 0 atom stereocenters. The Kier molecular flexibility index (Phi) is 5.38. The molecule has 0 radical (unpaired) electrons.